The Kier molecular flexibility index (Phi) is 4.18. The van der Waals surface area contributed by atoms with Gasteiger partial charge in [-0.05, 0) is 23.8 Å². The van der Waals surface area contributed by atoms with E-state index in [1.165, 1.54) is 43.4 Å². The zero-order valence-corrected chi connectivity index (χ0v) is 10.6. The Balaban J connectivity index is 2.00. The molecule has 0 amide bonds. The molecule has 2 rings (SSSR count). The molecule has 0 saturated heterocycles. The smallest absolute Gasteiger partial charge is 0.336 e. The van der Waals surface area contributed by atoms with Crippen LogP contribution in [0.4, 0.5) is 0 Å². The van der Waals surface area contributed by atoms with E-state index >= 15 is 0 Å². The molecule has 1 fully saturated rings. The van der Waals surface area contributed by atoms with E-state index in [2.05, 4.69) is 0 Å². The summed E-state index contributed by atoms with van der Waals surface area (Å²) in [5.41, 5.74) is 0.262. The predicted octanol–water partition coefficient (Wildman–Crippen LogP) is 3.45. The van der Waals surface area contributed by atoms with Crippen LogP contribution in [-0.4, -0.2) is 16.2 Å². The van der Waals surface area contributed by atoms with E-state index in [-0.39, 0.29) is 5.56 Å². The summed E-state index contributed by atoms with van der Waals surface area (Å²) in [7, 11) is 0. The van der Waals surface area contributed by atoms with Crippen molar-refractivity contribution in [3.63, 3.8) is 0 Å². The Morgan fingerprint density at radius 3 is 2.76 bits per heavy atom. The van der Waals surface area contributed by atoms with Crippen LogP contribution in [0, 0.1) is 5.92 Å². The zero-order chi connectivity index (χ0) is 12.3. The van der Waals surface area contributed by atoms with Gasteiger partial charge in [-0.25, -0.2) is 4.79 Å². The fraction of sp³-hybridized carbons (Fsp3) is 0.615. The summed E-state index contributed by atoms with van der Waals surface area (Å²) in [6.45, 7) is 0. The van der Waals surface area contributed by atoms with E-state index in [0.29, 0.717) is 17.2 Å². The molecule has 2 N–H and O–H groups in total. The Hall–Kier alpha value is -0.870. The number of aliphatic hydroxyl groups is 1. The molecule has 1 aliphatic carbocycles. The van der Waals surface area contributed by atoms with Crippen LogP contribution < -0.4 is 0 Å². The maximum Gasteiger partial charge on any atom is 0.336 e. The van der Waals surface area contributed by atoms with Crippen LogP contribution in [0.15, 0.2) is 11.4 Å². The Labute approximate surface area is 105 Å². The Morgan fingerprint density at radius 2 is 2.12 bits per heavy atom. The molecule has 0 bridgehead atoms. The highest BCUT2D eigenvalue weighted by Crippen LogP contribution is 2.34. The third kappa shape index (κ3) is 3.07. The highest BCUT2D eigenvalue weighted by molar-refractivity contribution is 7.10. The molecule has 3 nitrogen and oxygen atoms in total. The van der Waals surface area contributed by atoms with Crippen molar-refractivity contribution in [3.8, 4) is 0 Å². The van der Waals surface area contributed by atoms with E-state index in [1.54, 1.807) is 11.4 Å². The molecule has 0 radical (unpaired) electrons. The average Bonchev–Trinajstić information content (AvgIpc) is 2.79. The van der Waals surface area contributed by atoms with Gasteiger partial charge in [0.25, 0.3) is 0 Å². The molecule has 0 aromatic carbocycles. The number of thiophene rings is 1. The maximum absolute atomic E-state index is 11.0. The van der Waals surface area contributed by atoms with Crippen molar-refractivity contribution in [2.45, 2.75) is 44.6 Å². The minimum absolute atomic E-state index is 0.262. The number of hydrogen-bond donors (Lipinski definition) is 2. The fourth-order valence-corrected chi connectivity index (χ4v) is 3.49. The van der Waals surface area contributed by atoms with Crippen molar-refractivity contribution in [1.29, 1.82) is 0 Å². The standard InChI is InChI=1S/C13H18O3S/c14-11(8-9-4-2-1-3-5-9)12-10(13(15)16)6-7-17-12/h6-7,9,11,14H,1-5,8H2,(H,15,16). The molecule has 17 heavy (non-hydrogen) atoms. The molecule has 1 heterocycles. The number of aromatic carboxylic acids is 1. The first-order valence-corrected chi connectivity index (χ1v) is 7.05. The van der Waals surface area contributed by atoms with Gasteiger partial charge < -0.3 is 10.2 Å². The van der Waals surface area contributed by atoms with Crippen LogP contribution in [-0.2, 0) is 0 Å². The van der Waals surface area contributed by atoms with Gasteiger partial charge >= 0.3 is 5.97 Å². The Morgan fingerprint density at radius 1 is 1.41 bits per heavy atom. The van der Waals surface area contributed by atoms with E-state index < -0.39 is 12.1 Å². The van der Waals surface area contributed by atoms with Gasteiger partial charge in [0.1, 0.15) is 0 Å². The number of carboxylic acids is 1. The van der Waals surface area contributed by atoms with Crippen molar-refractivity contribution in [2.24, 2.45) is 5.92 Å². The van der Waals surface area contributed by atoms with Gasteiger partial charge in [0, 0.05) is 4.88 Å². The van der Waals surface area contributed by atoms with Crippen molar-refractivity contribution >= 4 is 17.3 Å². The first-order chi connectivity index (χ1) is 8.18. The van der Waals surface area contributed by atoms with Gasteiger partial charge in [0.05, 0.1) is 11.7 Å². The second-order valence-electron chi connectivity index (χ2n) is 4.76. The molecule has 0 aliphatic heterocycles. The minimum Gasteiger partial charge on any atom is -0.478 e. The van der Waals surface area contributed by atoms with E-state index in [0.717, 1.165) is 0 Å². The molecule has 4 heteroatoms. The SMILES string of the molecule is O=C(O)c1ccsc1C(O)CC1CCCCC1. The Bertz CT molecular complexity index is 380. The topological polar surface area (TPSA) is 57.5 Å². The highest BCUT2D eigenvalue weighted by Gasteiger charge is 2.23. The number of hydrogen-bond acceptors (Lipinski definition) is 3. The normalized spacial score (nSPS) is 19.1. The van der Waals surface area contributed by atoms with Gasteiger partial charge in [-0.2, -0.15) is 0 Å². The summed E-state index contributed by atoms with van der Waals surface area (Å²) in [6.07, 6.45) is 6.23. The van der Waals surface area contributed by atoms with Crippen molar-refractivity contribution in [2.75, 3.05) is 0 Å². The zero-order valence-electron chi connectivity index (χ0n) is 9.76. The average molecular weight is 254 g/mol. The van der Waals surface area contributed by atoms with Gasteiger partial charge in [0.2, 0.25) is 0 Å². The first kappa shape index (κ1) is 12.6. The summed E-state index contributed by atoms with van der Waals surface area (Å²) in [4.78, 5) is 11.6. The molecule has 1 unspecified atom stereocenters. The monoisotopic (exact) mass is 254 g/mol. The van der Waals surface area contributed by atoms with Crippen molar-refractivity contribution in [1.82, 2.24) is 0 Å². The minimum atomic E-state index is -0.941. The quantitative estimate of drug-likeness (QED) is 0.865. The molecule has 1 aromatic heterocycles. The van der Waals surface area contributed by atoms with Crippen LogP contribution in [0.1, 0.15) is 59.9 Å². The summed E-state index contributed by atoms with van der Waals surface area (Å²) >= 11 is 1.34. The third-order valence-electron chi connectivity index (χ3n) is 3.51. The van der Waals surface area contributed by atoms with Crippen LogP contribution in [0.2, 0.25) is 0 Å². The van der Waals surface area contributed by atoms with Gasteiger partial charge in [-0.1, -0.05) is 32.1 Å². The fourth-order valence-electron chi connectivity index (χ4n) is 2.60. The summed E-state index contributed by atoms with van der Waals surface area (Å²) in [5.74, 6) is -0.383. The molecular formula is C13H18O3S. The van der Waals surface area contributed by atoms with Gasteiger partial charge in [0.15, 0.2) is 0 Å². The molecule has 94 valence electrons. The maximum atomic E-state index is 11.0. The van der Waals surface area contributed by atoms with Crippen LogP contribution in [0.25, 0.3) is 0 Å². The highest BCUT2D eigenvalue weighted by atomic mass is 32.1. The second kappa shape index (κ2) is 5.65. The molecule has 1 aromatic rings. The van der Waals surface area contributed by atoms with E-state index in [4.69, 9.17) is 5.11 Å². The molecular weight excluding hydrogens is 236 g/mol. The van der Waals surface area contributed by atoms with Crippen LogP contribution >= 0.6 is 11.3 Å². The molecule has 1 saturated carbocycles. The summed E-state index contributed by atoms with van der Waals surface area (Å²) in [6, 6.07) is 1.58. The largest absolute Gasteiger partial charge is 0.478 e. The molecule has 0 spiro atoms. The third-order valence-corrected chi connectivity index (χ3v) is 4.53. The lowest BCUT2D eigenvalue weighted by atomic mass is 9.85. The number of rotatable bonds is 4. The van der Waals surface area contributed by atoms with Crippen molar-refractivity contribution < 1.29 is 15.0 Å². The number of aliphatic hydroxyl groups excluding tert-OH is 1. The lowest BCUT2D eigenvalue weighted by molar-refractivity contribution is 0.0686. The summed E-state index contributed by atoms with van der Waals surface area (Å²) < 4.78 is 0. The summed E-state index contributed by atoms with van der Waals surface area (Å²) in [5, 5.41) is 20.9. The van der Waals surface area contributed by atoms with E-state index in [1.807, 2.05) is 0 Å². The molecule has 1 atom stereocenters. The number of carbonyl (C=O) groups is 1. The van der Waals surface area contributed by atoms with Gasteiger partial charge in [-0.3, -0.25) is 0 Å². The molecule has 1 aliphatic rings. The lowest BCUT2D eigenvalue weighted by Gasteiger charge is -2.23. The first-order valence-electron chi connectivity index (χ1n) is 6.17. The number of carboxylic acid groups (broad SMARTS) is 1. The van der Waals surface area contributed by atoms with Crippen LogP contribution in [0.3, 0.4) is 0 Å². The second-order valence-corrected chi connectivity index (χ2v) is 5.71. The van der Waals surface area contributed by atoms with E-state index in [9.17, 15) is 9.90 Å². The van der Waals surface area contributed by atoms with Gasteiger partial charge in [-0.15, -0.1) is 11.3 Å². The predicted molar refractivity (Wildman–Crippen MR) is 67.4 cm³/mol. The lowest BCUT2D eigenvalue weighted by Crippen LogP contribution is -2.12. The van der Waals surface area contributed by atoms with Crippen LogP contribution in [0.5, 0.6) is 0 Å². The van der Waals surface area contributed by atoms with Crippen molar-refractivity contribution in [3.05, 3.63) is 21.9 Å².